The van der Waals surface area contributed by atoms with Crippen molar-refractivity contribution in [1.82, 2.24) is 14.8 Å². The molecule has 0 saturated carbocycles. The zero-order chi connectivity index (χ0) is 23.1. The molecule has 1 aliphatic rings. The van der Waals surface area contributed by atoms with Gasteiger partial charge in [-0.3, -0.25) is 9.36 Å². The molecule has 0 amide bonds. The first kappa shape index (κ1) is 21.3. The Labute approximate surface area is 196 Å². The number of fused-ring (bicyclic) bond motifs is 1. The minimum absolute atomic E-state index is 0.157. The summed E-state index contributed by atoms with van der Waals surface area (Å²) in [4.78, 5) is 14.0. The van der Waals surface area contributed by atoms with E-state index in [9.17, 15) is 4.79 Å². The number of benzene rings is 2. The summed E-state index contributed by atoms with van der Waals surface area (Å²) in [6.45, 7) is 4.18. The van der Waals surface area contributed by atoms with E-state index in [1.807, 2.05) is 36.4 Å². The maximum atomic E-state index is 13.3. The molecule has 0 aliphatic carbocycles. The van der Waals surface area contributed by atoms with Crippen LogP contribution in [0.1, 0.15) is 46.3 Å². The van der Waals surface area contributed by atoms with E-state index in [0.29, 0.717) is 40.9 Å². The number of methoxy groups -OCH3 is 1. The maximum Gasteiger partial charge on any atom is 0.252 e. The molecule has 0 bridgehead atoms. The second-order valence-corrected chi connectivity index (χ2v) is 8.74. The molecule has 5 rings (SSSR count). The molecule has 0 radical (unpaired) electrons. The Kier molecular flexibility index (Phi) is 5.42. The molecule has 0 N–H and O–H groups in total. The lowest BCUT2D eigenvalue weighted by molar-refractivity contribution is 0.394. The van der Waals surface area contributed by atoms with Crippen molar-refractivity contribution in [2.75, 3.05) is 7.11 Å². The van der Waals surface area contributed by atoms with Crippen molar-refractivity contribution in [3.63, 3.8) is 0 Å². The van der Waals surface area contributed by atoms with Crippen LogP contribution in [0.25, 0.3) is 11.5 Å². The summed E-state index contributed by atoms with van der Waals surface area (Å²) in [6.07, 6.45) is 1.02. The van der Waals surface area contributed by atoms with Gasteiger partial charge in [-0.2, -0.15) is 0 Å². The second-order valence-electron chi connectivity index (χ2n) is 8.25. The smallest absolute Gasteiger partial charge is 0.252 e. The number of aromatic nitrogens is 3. The van der Waals surface area contributed by atoms with Crippen LogP contribution in [0.15, 0.2) is 63.8 Å². The molecule has 0 saturated heterocycles. The Balaban J connectivity index is 1.57. The zero-order valence-corrected chi connectivity index (χ0v) is 19.5. The third kappa shape index (κ3) is 3.68. The van der Waals surface area contributed by atoms with Gasteiger partial charge in [0, 0.05) is 34.9 Å². The second kappa shape index (κ2) is 8.41. The molecular formula is C26H23N3O3S. The quantitative estimate of drug-likeness (QED) is 0.400. The van der Waals surface area contributed by atoms with Gasteiger partial charge in [-0.1, -0.05) is 48.6 Å². The summed E-state index contributed by atoms with van der Waals surface area (Å²) in [5, 5.41) is 8.43. The fourth-order valence-corrected chi connectivity index (χ4v) is 4.77. The molecule has 1 aliphatic heterocycles. The molecule has 33 heavy (non-hydrogen) atoms. The van der Waals surface area contributed by atoms with Crippen molar-refractivity contribution in [1.29, 1.82) is 0 Å². The van der Waals surface area contributed by atoms with Crippen molar-refractivity contribution in [2.45, 2.75) is 32.7 Å². The average Bonchev–Trinajstić information content (AvgIpc) is 3.43. The van der Waals surface area contributed by atoms with Gasteiger partial charge in [-0.15, -0.1) is 10.2 Å². The van der Waals surface area contributed by atoms with Crippen LogP contribution in [0.3, 0.4) is 0 Å². The number of hydrogen-bond donors (Lipinski definition) is 0. The Morgan fingerprint density at radius 2 is 1.88 bits per heavy atom. The minimum atomic E-state index is -0.450. The number of ether oxygens (including phenoxy) is 1. The highest BCUT2D eigenvalue weighted by atomic mass is 32.1. The van der Waals surface area contributed by atoms with Crippen LogP contribution in [0.2, 0.25) is 0 Å². The van der Waals surface area contributed by atoms with Crippen LogP contribution in [-0.4, -0.2) is 26.7 Å². The Morgan fingerprint density at radius 3 is 2.64 bits per heavy atom. The van der Waals surface area contributed by atoms with Gasteiger partial charge >= 0.3 is 0 Å². The lowest BCUT2D eigenvalue weighted by Gasteiger charge is -2.17. The number of thiocarbonyl (C=S) groups is 1. The zero-order valence-electron chi connectivity index (χ0n) is 18.7. The molecule has 0 spiro atoms. The lowest BCUT2D eigenvalue weighted by atomic mass is 9.96. The molecule has 1 atom stereocenters. The Hall–Kier alpha value is -3.58. The largest absolute Gasteiger partial charge is 0.494 e. The summed E-state index contributed by atoms with van der Waals surface area (Å²) in [5.74, 6) is 1.41. The first-order valence-corrected chi connectivity index (χ1v) is 11.2. The van der Waals surface area contributed by atoms with Gasteiger partial charge in [0.15, 0.2) is 0 Å². The van der Waals surface area contributed by atoms with Gasteiger partial charge in [0.2, 0.25) is 11.8 Å². The van der Waals surface area contributed by atoms with Crippen molar-refractivity contribution in [3.8, 4) is 17.2 Å². The first-order valence-electron chi connectivity index (χ1n) is 10.8. The van der Waals surface area contributed by atoms with Crippen molar-refractivity contribution in [2.24, 2.45) is 0 Å². The summed E-state index contributed by atoms with van der Waals surface area (Å²) in [5.41, 5.74) is 5.69. The highest BCUT2D eigenvalue weighted by Crippen LogP contribution is 2.38. The number of hydrogen-bond acceptors (Lipinski definition) is 6. The van der Waals surface area contributed by atoms with Crippen LogP contribution < -0.4 is 10.3 Å². The summed E-state index contributed by atoms with van der Waals surface area (Å²) >= 11 is 5.71. The van der Waals surface area contributed by atoms with Gasteiger partial charge in [0.05, 0.1) is 7.11 Å². The van der Waals surface area contributed by atoms with Gasteiger partial charge in [0.1, 0.15) is 17.5 Å². The number of rotatable bonds is 5. The number of pyridine rings is 1. The van der Waals surface area contributed by atoms with Crippen LogP contribution >= 0.6 is 12.2 Å². The predicted molar refractivity (Wildman–Crippen MR) is 130 cm³/mol. The topological polar surface area (TPSA) is 70.2 Å². The Morgan fingerprint density at radius 1 is 1.09 bits per heavy atom. The van der Waals surface area contributed by atoms with E-state index in [4.69, 9.17) is 21.4 Å². The predicted octanol–water partition coefficient (Wildman–Crippen LogP) is 4.83. The van der Waals surface area contributed by atoms with Crippen molar-refractivity contribution < 1.29 is 9.15 Å². The first-order chi connectivity index (χ1) is 16.0. The molecule has 2 aromatic heterocycles. The summed E-state index contributed by atoms with van der Waals surface area (Å²) in [6, 6.07) is 16.9. The average molecular weight is 458 g/mol. The van der Waals surface area contributed by atoms with E-state index in [2.05, 4.69) is 36.2 Å². The standard InChI is InChI=1S/C26H23N3O3S/c1-15-8-7-11-18(16(15)2)12-19-13-22(30)29-20(14-21(33)23(29)24(19)31-3)26-28-27-25(32-26)17-9-5-4-6-10-17/h4-11,13,20H,12,14H2,1-3H3/t20-/m1/s1. The highest BCUT2D eigenvalue weighted by Gasteiger charge is 2.36. The van der Waals surface area contributed by atoms with Gasteiger partial charge in [0.25, 0.3) is 5.56 Å². The van der Waals surface area contributed by atoms with Crippen LogP contribution in [0, 0.1) is 13.8 Å². The van der Waals surface area contributed by atoms with Gasteiger partial charge in [-0.05, 0) is 42.7 Å². The number of aryl methyl sites for hydroxylation is 1. The SMILES string of the molecule is COc1c(Cc2cccc(C)c2C)cc(=O)n2c1C(=S)C[C@@H]2c1nnc(-c2ccccc2)o1. The van der Waals surface area contributed by atoms with Crippen molar-refractivity contribution in [3.05, 3.63) is 98.8 Å². The lowest BCUT2D eigenvalue weighted by Crippen LogP contribution is -2.25. The highest BCUT2D eigenvalue weighted by molar-refractivity contribution is 7.80. The third-order valence-electron chi connectivity index (χ3n) is 6.29. The fourth-order valence-electron chi connectivity index (χ4n) is 4.42. The third-order valence-corrected chi connectivity index (χ3v) is 6.65. The van der Waals surface area contributed by atoms with E-state index < -0.39 is 6.04 Å². The van der Waals surface area contributed by atoms with Crippen LogP contribution in [0.4, 0.5) is 0 Å². The molecule has 0 unspecified atom stereocenters. The van der Waals surface area contributed by atoms with Crippen molar-refractivity contribution >= 4 is 17.1 Å². The molecule has 0 fully saturated rings. The maximum absolute atomic E-state index is 13.3. The van der Waals surface area contributed by atoms with E-state index in [1.54, 1.807) is 17.7 Å². The minimum Gasteiger partial charge on any atom is -0.494 e. The summed E-state index contributed by atoms with van der Waals surface area (Å²) in [7, 11) is 1.61. The van der Waals surface area contributed by atoms with Crippen LogP contribution in [0.5, 0.6) is 5.75 Å². The van der Waals surface area contributed by atoms with Gasteiger partial charge < -0.3 is 9.15 Å². The van der Waals surface area contributed by atoms with E-state index >= 15 is 0 Å². The van der Waals surface area contributed by atoms with Crippen LogP contribution in [-0.2, 0) is 6.42 Å². The van der Waals surface area contributed by atoms with E-state index in [0.717, 1.165) is 16.7 Å². The molecule has 7 heteroatoms. The monoisotopic (exact) mass is 457 g/mol. The van der Waals surface area contributed by atoms with Gasteiger partial charge in [-0.25, -0.2) is 0 Å². The summed E-state index contributed by atoms with van der Waals surface area (Å²) < 4.78 is 13.4. The number of nitrogens with zero attached hydrogens (tertiary/aromatic N) is 3. The molecular weight excluding hydrogens is 434 g/mol. The Bertz CT molecular complexity index is 1420. The van der Waals surface area contributed by atoms with E-state index in [-0.39, 0.29) is 5.56 Å². The normalized spacial score (nSPS) is 15.0. The fraction of sp³-hybridized carbons (Fsp3) is 0.231. The molecule has 2 aromatic carbocycles. The molecule has 166 valence electrons. The molecule has 4 aromatic rings. The molecule has 6 nitrogen and oxygen atoms in total. The van der Waals surface area contributed by atoms with E-state index in [1.165, 1.54) is 11.1 Å². The molecule has 3 heterocycles.